The van der Waals surface area contributed by atoms with E-state index in [2.05, 4.69) is 20.7 Å². The van der Waals surface area contributed by atoms with Crippen molar-refractivity contribution in [2.45, 2.75) is 82.6 Å². The topological polar surface area (TPSA) is 75.7 Å². The second-order valence-corrected chi connectivity index (χ2v) is 9.08. The van der Waals surface area contributed by atoms with E-state index in [1.165, 1.54) is 45.1 Å². The number of anilines is 1. The van der Waals surface area contributed by atoms with Gasteiger partial charge in [0.1, 0.15) is 5.82 Å². The van der Waals surface area contributed by atoms with Gasteiger partial charge in [0.25, 0.3) is 0 Å². The molecule has 3 heterocycles. The lowest BCUT2D eigenvalue weighted by atomic mass is 9.92. The number of amides is 1. The molecule has 0 radical (unpaired) electrons. The molecule has 1 aromatic rings. The van der Waals surface area contributed by atoms with Crippen LogP contribution in [0.15, 0.2) is 24.2 Å². The van der Waals surface area contributed by atoms with Crippen LogP contribution in [-0.4, -0.2) is 53.9 Å². The number of aromatic nitrogens is 1. The molecule has 2 N–H and O–H groups in total. The first-order chi connectivity index (χ1) is 15.7. The highest BCUT2D eigenvalue weighted by molar-refractivity contribution is 5.94. The summed E-state index contributed by atoms with van der Waals surface area (Å²) in [7, 11) is 0. The summed E-state index contributed by atoms with van der Waals surface area (Å²) in [6.07, 6.45) is 13.9. The fourth-order valence-corrected chi connectivity index (χ4v) is 4.87. The highest BCUT2D eigenvalue weighted by Crippen LogP contribution is 2.26. The summed E-state index contributed by atoms with van der Waals surface area (Å²) >= 11 is 0. The molecule has 176 valence electrons. The number of rotatable bonds is 7. The molecule has 0 aromatic carbocycles. The molecule has 1 amide bonds. The van der Waals surface area contributed by atoms with Crippen LogP contribution in [0.5, 0.6) is 0 Å². The minimum Gasteiger partial charge on any atom is -0.366 e. The van der Waals surface area contributed by atoms with Crippen molar-refractivity contribution in [1.82, 2.24) is 15.4 Å². The molecule has 2 aliphatic heterocycles. The number of hydroxylamine groups is 1. The molecule has 0 spiro atoms. The van der Waals surface area contributed by atoms with Crippen LogP contribution in [0.4, 0.5) is 10.2 Å². The number of carbonyl (C=O) groups is 1. The summed E-state index contributed by atoms with van der Waals surface area (Å²) in [5.41, 5.74) is 2.64. The first-order valence-corrected chi connectivity index (χ1v) is 12.1. The van der Waals surface area contributed by atoms with Gasteiger partial charge in [0.05, 0.1) is 0 Å². The van der Waals surface area contributed by atoms with Crippen LogP contribution in [0.3, 0.4) is 0 Å². The average Bonchev–Trinajstić information content (AvgIpc) is 2.85. The maximum absolute atomic E-state index is 14.2. The first kappa shape index (κ1) is 23.1. The molecule has 3 fully saturated rings. The molecule has 3 aliphatic rings. The van der Waals surface area contributed by atoms with E-state index >= 15 is 0 Å². The van der Waals surface area contributed by atoms with Crippen molar-refractivity contribution in [2.24, 2.45) is 0 Å². The molecular weight excluding hydrogens is 411 g/mol. The minimum absolute atomic E-state index is 0.376. The normalized spacial score (nSPS) is 26.0. The van der Waals surface area contributed by atoms with E-state index in [4.69, 9.17) is 9.57 Å². The fourth-order valence-electron chi connectivity index (χ4n) is 4.87. The van der Waals surface area contributed by atoms with Crippen LogP contribution in [0.25, 0.3) is 6.08 Å². The van der Waals surface area contributed by atoms with E-state index in [1.54, 1.807) is 12.3 Å². The van der Waals surface area contributed by atoms with Gasteiger partial charge >= 0.3 is 5.91 Å². The lowest BCUT2D eigenvalue weighted by Gasteiger charge is -2.40. The maximum Gasteiger partial charge on any atom is 0.303 e. The number of carbonyl (C=O) groups excluding carboxylic acids is 1. The third-order valence-electron chi connectivity index (χ3n) is 6.61. The van der Waals surface area contributed by atoms with Gasteiger partial charge in [-0.05, 0) is 68.8 Å². The number of nitrogens with one attached hydrogen (secondary N) is 2. The first-order valence-electron chi connectivity index (χ1n) is 12.1. The van der Waals surface area contributed by atoms with Gasteiger partial charge in [0.15, 0.2) is 12.1 Å². The van der Waals surface area contributed by atoms with Crippen LogP contribution in [0, 0.1) is 0 Å². The number of piperidine rings is 1. The van der Waals surface area contributed by atoms with Crippen LogP contribution in [0.1, 0.15) is 69.8 Å². The van der Waals surface area contributed by atoms with Crippen molar-refractivity contribution in [3.63, 3.8) is 0 Å². The molecule has 1 unspecified atom stereocenters. The van der Waals surface area contributed by atoms with Crippen molar-refractivity contribution in [2.75, 3.05) is 25.0 Å². The van der Waals surface area contributed by atoms with Crippen molar-refractivity contribution in [1.29, 1.82) is 0 Å². The Morgan fingerprint density at radius 1 is 1.12 bits per heavy atom. The Balaban J connectivity index is 1.25. The van der Waals surface area contributed by atoms with Gasteiger partial charge in [0.2, 0.25) is 0 Å². The number of hydrogen-bond donors (Lipinski definition) is 2. The molecule has 7 nitrogen and oxygen atoms in total. The number of halogens is 1. The SMILES string of the molecule is O=C(NOC1CCCCO1)/C(F)=C\c1ccc(N[C@@H]2CCCN(C3CCCCC3)C2)nc1. The lowest BCUT2D eigenvalue weighted by molar-refractivity contribution is -0.199. The number of hydrogen-bond acceptors (Lipinski definition) is 6. The van der Waals surface area contributed by atoms with E-state index in [1.807, 2.05) is 6.07 Å². The average molecular weight is 447 g/mol. The summed E-state index contributed by atoms with van der Waals surface area (Å²) in [5.74, 6) is -1.08. The molecule has 1 aliphatic carbocycles. The Kier molecular flexibility index (Phi) is 8.48. The quantitative estimate of drug-likeness (QED) is 0.484. The molecule has 1 aromatic heterocycles. The molecule has 4 rings (SSSR count). The van der Waals surface area contributed by atoms with Crippen LogP contribution >= 0.6 is 0 Å². The second-order valence-electron chi connectivity index (χ2n) is 9.08. The van der Waals surface area contributed by atoms with Crippen molar-refractivity contribution >= 4 is 17.8 Å². The van der Waals surface area contributed by atoms with Gasteiger partial charge in [0, 0.05) is 37.9 Å². The third kappa shape index (κ3) is 6.73. The zero-order valence-electron chi connectivity index (χ0n) is 18.7. The van der Waals surface area contributed by atoms with E-state index in [-0.39, 0.29) is 0 Å². The standard InChI is InChI=1S/C24H35FN4O3/c25-21(24(30)28-32-23-10-4-5-14-31-23)15-18-11-12-22(26-16-18)27-19-7-6-13-29(17-19)20-8-2-1-3-9-20/h11-12,15-16,19-20,23H,1-10,13-14,17H2,(H,26,27)(H,28,30)/b21-15+/t19-,23?/m1/s1. The predicted molar refractivity (Wildman–Crippen MR) is 121 cm³/mol. The second kappa shape index (κ2) is 11.7. The van der Waals surface area contributed by atoms with Crippen molar-refractivity contribution < 1.29 is 18.8 Å². The zero-order chi connectivity index (χ0) is 22.2. The van der Waals surface area contributed by atoms with Gasteiger partial charge in [-0.1, -0.05) is 19.3 Å². The Hall–Kier alpha value is -2.03. The Labute approximate surface area is 189 Å². The van der Waals surface area contributed by atoms with Gasteiger partial charge in [-0.3, -0.25) is 9.69 Å². The molecule has 1 saturated carbocycles. The monoisotopic (exact) mass is 446 g/mol. The summed E-state index contributed by atoms with van der Waals surface area (Å²) in [6.45, 7) is 2.83. The predicted octanol–water partition coefficient (Wildman–Crippen LogP) is 4.18. The van der Waals surface area contributed by atoms with E-state index in [9.17, 15) is 9.18 Å². The highest BCUT2D eigenvalue weighted by Gasteiger charge is 2.27. The highest BCUT2D eigenvalue weighted by atomic mass is 19.1. The Morgan fingerprint density at radius 2 is 1.97 bits per heavy atom. The van der Waals surface area contributed by atoms with Gasteiger partial charge in [-0.2, -0.15) is 0 Å². The Bertz CT molecular complexity index is 761. The van der Waals surface area contributed by atoms with Gasteiger partial charge in [-0.15, -0.1) is 0 Å². The maximum atomic E-state index is 14.2. The summed E-state index contributed by atoms with van der Waals surface area (Å²) < 4.78 is 19.6. The molecule has 32 heavy (non-hydrogen) atoms. The number of nitrogens with zero attached hydrogens (tertiary/aromatic N) is 2. The number of ether oxygens (including phenoxy) is 1. The summed E-state index contributed by atoms with van der Waals surface area (Å²) in [6, 6.07) is 4.70. The van der Waals surface area contributed by atoms with Gasteiger partial charge < -0.3 is 10.1 Å². The molecule has 8 heteroatoms. The summed E-state index contributed by atoms with van der Waals surface area (Å²) in [4.78, 5) is 24.1. The van der Waals surface area contributed by atoms with E-state index in [0.717, 1.165) is 43.7 Å². The fraction of sp³-hybridized carbons (Fsp3) is 0.667. The molecular formula is C24H35FN4O3. The van der Waals surface area contributed by atoms with Gasteiger partial charge in [-0.25, -0.2) is 19.7 Å². The largest absolute Gasteiger partial charge is 0.366 e. The van der Waals surface area contributed by atoms with Crippen LogP contribution < -0.4 is 10.8 Å². The van der Waals surface area contributed by atoms with E-state index in [0.29, 0.717) is 24.6 Å². The molecule has 2 saturated heterocycles. The molecule has 2 atom stereocenters. The lowest BCUT2D eigenvalue weighted by Crippen LogP contribution is -2.47. The molecule has 0 bridgehead atoms. The van der Waals surface area contributed by atoms with Crippen LogP contribution in [0.2, 0.25) is 0 Å². The number of likely N-dealkylation sites (tertiary alicyclic amines) is 1. The minimum atomic E-state index is -0.932. The smallest absolute Gasteiger partial charge is 0.303 e. The van der Waals surface area contributed by atoms with Crippen molar-refractivity contribution in [3.05, 3.63) is 29.7 Å². The number of pyridine rings is 1. The summed E-state index contributed by atoms with van der Waals surface area (Å²) in [5, 5.41) is 3.53. The van der Waals surface area contributed by atoms with Crippen molar-refractivity contribution in [3.8, 4) is 0 Å². The van der Waals surface area contributed by atoms with E-state index < -0.39 is 18.0 Å². The third-order valence-corrected chi connectivity index (χ3v) is 6.61. The Morgan fingerprint density at radius 3 is 2.72 bits per heavy atom. The van der Waals surface area contributed by atoms with Crippen LogP contribution in [-0.2, 0) is 14.4 Å². The zero-order valence-corrected chi connectivity index (χ0v) is 18.7.